The van der Waals surface area contributed by atoms with Crippen LogP contribution in [-0.4, -0.2) is 23.7 Å². The van der Waals surface area contributed by atoms with Crippen molar-refractivity contribution in [1.29, 1.82) is 0 Å². The van der Waals surface area contributed by atoms with E-state index in [9.17, 15) is 8.42 Å². The molecule has 7 heteroatoms. The van der Waals surface area contributed by atoms with Crippen LogP contribution in [0.3, 0.4) is 0 Å². The zero-order valence-corrected chi connectivity index (χ0v) is 12.4. The molecule has 3 N–H and O–H groups in total. The summed E-state index contributed by atoms with van der Waals surface area (Å²) in [6.45, 7) is 5.03. The monoisotopic (exact) mass is 295 g/mol. The third-order valence-corrected chi connectivity index (χ3v) is 4.72. The van der Waals surface area contributed by atoms with Gasteiger partial charge >= 0.3 is 0 Å². The number of hydrogen-bond acceptors (Lipinski definition) is 4. The Morgan fingerprint density at radius 1 is 1.25 bits per heavy atom. The molecular weight excluding hydrogens is 278 g/mol. The summed E-state index contributed by atoms with van der Waals surface area (Å²) in [5.41, 5.74) is 3.07. The molecule has 6 nitrogen and oxygen atoms in total. The minimum atomic E-state index is -3.78. The average Bonchev–Trinajstić information content (AvgIpc) is 2.75. The van der Waals surface area contributed by atoms with E-state index in [2.05, 4.69) is 14.9 Å². The van der Waals surface area contributed by atoms with Crippen molar-refractivity contribution < 1.29 is 13.5 Å². The number of aliphatic hydroxyl groups excluding tert-OH is 1. The van der Waals surface area contributed by atoms with Gasteiger partial charge in [-0.15, -0.1) is 0 Å². The van der Waals surface area contributed by atoms with Crippen molar-refractivity contribution in [3.63, 3.8) is 0 Å². The molecule has 0 amide bonds. The normalized spacial score (nSPS) is 11.6. The minimum Gasteiger partial charge on any atom is -0.390 e. The number of aromatic amines is 1. The fourth-order valence-corrected chi connectivity index (χ4v) is 3.35. The largest absolute Gasteiger partial charge is 0.390 e. The second kappa shape index (κ2) is 5.26. The van der Waals surface area contributed by atoms with Crippen LogP contribution >= 0.6 is 0 Å². The second-order valence-electron chi connectivity index (χ2n) is 4.69. The van der Waals surface area contributed by atoms with Gasteiger partial charge in [0.25, 0.3) is 10.0 Å². The van der Waals surface area contributed by atoms with Gasteiger partial charge in [0, 0.05) is 5.69 Å². The number of benzene rings is 1. The molecule has 1 aromatic heterocycles. The van der Waals surface area contributed by atoms with Crippen LogP contribution in [-0.2, 0) is 16.6 Å². The van der Waals surface area contributed by atoms with Gasteiger partial charge < -0.3 is 5.11 Å². The van der Waals surface area contributed by atoms with Gasteiger partial charge in [0.1, 0.15) is 10.6 Å². The highest BCUT2D eigenvalue weighted by atomic mass is 32.2. The minimum absolute atomic E-state index is 0.00164. The molecule has 0 atom stereocenters. The van der Waals surface area contributed by atoms with Crippen LogP contribution in [0, 0.1) is 20.8 Å². The fraction of sp³-hybridized carbons (Fsp3) is 0.308. The summed E-state index contributed by atoms with van der Waals surface area (Å²) in [5.74, 6) is 0. The molecule has 0 spiro atoms. The van der Waals surface area contributed by atoms with Crippen LogP contribution in [0.15, 0.2) is 23.1 Å². The molecule has 108 valence electrons. The Morgan fingerprint density at radius 3 is 2.55 bits per heavy atom. The summed E-state index contributed by atoms with van der Waals surface area (Å²) in [6.07, 6.45) is 0. The van der Waals surface area contributed by atoms with E-state index in [1.54, 1.807) is 19.1 Å². The fourth-order valence-electron chi connectivity index (χ4n) is 1.94. The first kappa shape index (κ1) is 14.5. The van der Waals surface area contributed by atoms with E-state index in [0.717, 1.165) is 11.1 Å². The van der Waals surface area contributed by atoms with Gasteiger partial charge in [0.15, 0.2) is 0 Å². The van der Waals surface area contributed by atoms with Crippen molar-refractivity contribution in [3.8, 4) is 0 Å². The maximum absolute atomic E-state index is 12.4. The molecule has 0 aliphatic rings. The van der Waals surface area contributed by atoms with E-state index >= 15 is 0 Å². The van der Waals surface area contributed by atoms with E-state index in [-0.39, 0.29) is 10.6 Å². The number of aromatic nitrogens is 2. The zero-order chi connectivity index (χ0) is 14.9. The third-order valence-electron chi connectivity index (χ3n) is 3.14. The van der Waals surface area contributed by atoms with Crippen molar-refractivity contribution >= 4 is 15.7 Å². The van der Waals surface area contributed by atoms with E-state index in [0.29, 0.717) is 11.4 Å². The highest BCUT2D eigenvalue weighted by Crippen LogP contribution is 2.22. The number of rotatable bonds is 4. The van der Waals surface area contributed by atoms with Crippen LogP contribution in [0.1, 0.15) is 22.5 Å². The Hall–Kier alpha value is -1.86. The average molecular weight is 295 g/mol. The highest BCUT2D eigenvalue weighted by molar-refractivity contribution is 7.92. The van der Waals surface area contributed by atoms with Crippen LogP contribution in [0.5, 0.6) is 0 Å². The van der Waals surface area contributed by atoms with Crippen LogP contribution < -0.4 is 4.72 Å². The lowest BCUT2D eigenvalue weighted by Gasteiger charge is -2.10. The Bertz CT molecular complexity index is 735. The molecule has 0 bridgehead atoms. The van der Waals surface area contributed by atoms with E-state index in [4.69, 9.17) is 5.11 Å². The Balaban J connectivity index is 2.40. The van der Waals surface area contributed by atoms with Gasteiger partial charge in [0.05, 0.1) is 12.3 Å². The molecule has 0 aliphatic heterocycles. The van der Waals surface area contributed by atoms with Gasteiger partial charge in [0.2, 0.25) is 0 Å². The summed E-state index contributed by atoms with van der Waals surface area (Å²) in [5, 5.41) is 15.5. The first-order valence-corrected chi connectivity index (χ1v) is 7.58. The predicted molar refractivity (Wildman–Crippen MR) is 76.0 cm³/mol. The lowest BCUT2D eigenvalue weighted by atomic mass is 10.1. The molecule has 20 heavy (non-hydrogen) atoms. The van der Waals surface area contributed by atoms with Gasteiger partial charge in [-0.3, -0.25) is 9.82 Å². The lowest BCUT2D eigenvalue weighted by Crippen LogP contribution is -2.15. The quantitative estimate of drug-likeness (QED) is 0.799. The number of aryl methyl sites for hydroxylation is 3. The SMILES string of the molecule is Cc1ccc(NS(=O)(=O)c2c(CO)n[nH]c2C)cc1C. The van der Waals surface area contributed by atoms with Gasteiger partial charge in [-0.1, -0.05) is 6.07 Å². The molecule has 1 heterocycles. The summed E-state index contributed by atoms with van der Waals surface area (Å²) in [6, 6.07) is 5.32. The molecule has 2 rings (SSSR count). The highest BCUT2D eigenvalue weighted by Gasteiger charge is 2.24. The maximum atomic E-state index is 12.4. The molecular formula is C13H17N3O3S. The molecule has 0 aliphatic carbocycles. The number of hydrogen-bond donors (Lipinski definition) is 3. The van der Waals surface area contributed by atoms with Crippen LogP contribution in [0.4, 0.5) is 5.69 Å². The van der Waals surface area contributed by atoms with Gasteiger partial charge in [-0.05, 0) is 44.0 Å². The number of nitrogens with zero attached hydrogens (tertiary/aromatic N) is 1. The summed E-state index contributed by atoms with van der Waals surface area (Å²) in [4.78, 5) is -0.00164. The van der Waals surface area contributed by atoms with E-state index < -0.39 is 16.6 Å². The van der Waals surface area contributed by atoms with Gasteiger partial charge in [-0.25, -0.2) is 8.42 Å². The van der Waals surface area contributed by atoms with Crippen molar-refractivity contribution in [2.45, 2.75) is 32.3 Å². The lowest BCUT2D eigenvalue weighted by molar-refractivity contribution is 0.273. The van der Waals surface area contributed by atoms with E-state index in [1.807, 2.05) is 19.9 Å². The van der Waals surface area contributed by atoms with Crippen LogP contribution in [0.25, 0.3) is 0 Å². The third kappa shape index (κ3) is 2.68. The van der Waals surface area contributed by atoms with Crippen molar-refractivity contribution in [2.75, 3.05) is 4.72 Å². The first-order chi connectivity index (χ1) is 9.35. The Morgan fingerprint density at radius 2 is 1.95 bits per heavy atom. The maximum Gasteiger partial charge on any atom is 0.265 e. The van der Waals surface area contributed by atoms with Crippen molar-refractivity contribution in [1.82, 2.24) is 10.2 Å². The van der Waals surface area contributed by atoms with Crippen LogP contribution in [0.2, 0.25) is 0 Å². The smallest absolute Gasteiger partial charge is 0.265 e. The van der Waals surface area contributed by atoms with Gasteiger partial charge in [-0.2, -0.15) is 5.10 Å². The number of H-pyrrole nitrogens is 1. The summed E-state index contributed by atoms with van der Waals surface area (Å²) >= 11 is 0. The van der Waals surface area contributed by atoms with E-state index in [1.165, 1.54) is 0 Å². The molecule has 0 saturated carbocycles. The number of anilines is 1. The standard InChI is InChI=1S/C13H17N3O3S/c1-8-4-5-11(6-9(8)2)16-20(18,19)13-10(3)14-15-12(13)7-17/h4-6,16-17H,7H2,1-3H3,(H,14,15). The summed E-state index contributed by atoms with van der Waals surface area (Å²) < 4.78 is 27.3. The predicted octanol–water partition coefficient (Wildman–Crippen LogP) is 1.63. The summed E-state index contributed by atoms with van der Waals surface area (Å²) in [7, 11) is -3.78. The number of nitrogens with one attached hydrogen (secondary N) is 2. The molecule has 0 unspecified atom stereocenters. The zero-order valence-electron chi connectivity index (χ0n) is 11.6. The first-order valence-electron chi connectivity index (χ1n) is 6.10. The Kier molecular flexibility index (Phi) is 3.82. The molecule has 1 aromatic carbocycles. The molecule has 0 saturated heterocycles. The Labute approximate surface area is 117 Å². The molecule has 0 fully saturated rings. The number of sulfonamides is 1. The van der Waals surface area contributed by atoms with Crippen molar-refractivity contribution in [3.05, 3.63) is 40.7 Å². The van der Waals surface area contributed by atoms with Crippen molar-refractivity contribution in [2.24, 2.45) is 0 Å². The molecule has 0 radical (unpaired) electrons. The second-order valence-corrected chi connectivity index (χ2v) is 6.31. The molecule has 2 aromatic rings. The topological polar surface area (TPSA) is 95.1 Å². The number of aliphatic hydroxyl groups is 1.